The number of hydrogen-bond donors (Lipinski definition) is 3. The van der Waals surface area contributed by atoms with Gasteiger partial charge in [0.15, 0.2) is 0 Å². The number of carbonyl (C=O) groups excluding carboxylic acids is 3. The summed E-state index contributed by atoms with van der Waals surface area (Å²) in [7, 11) is 0. The highest BCUT2D eigenvalue weighted by molar-refractivity contribution is 6.07. The molecule has 3 spiro atoms. The maximum Gasteiger partial charge on any atom is 0.245 e. The fraction of sp³-hybridized carbons (Fsp3) is 0.412. The van der Waals surface area contributed by atoms with Gasteiger partial charge in [0.05, 0.1) is 17.0 Å². The molecule has 1 saturated carbocycles. The van der Waals surface area contributed by atoms with E-state index in [2.05, 4.69) is 20.9 Å². The molecule has 9 nitrogen and oxygen atoms in total. The lowest BCUT2D eigenvalue weighted by Crippen LogP contribution is -2.73. The maximum atomic E-state index is 14.3. The van der Waals surface area contributed by atoms with Crippen molar-refractivity contribution in [2.45, 2.75) is 55.5 Å². The summed E-state index contributed by atoms with van der Waals surface area (Å²) in [6.07, 6.45) is 5.71. The van der Waals surface area contributed by atoms with Gasteiger partial charge in [-0.2, -0.15) is 0 Å². The molecule has 2 aromatic carbocycles. The summed E-state index contributed by atoms with van der Waals surface area (Å²) in [5, 5.41) is 9.23. The van der Waals surface area contributed by atoms with Crippen LogP contribution in [-0.2, 0) is 37.4 Å². The zero-order valence-electron chi connectivity index (χ0n) is 24.6. The van der Waals surface area contributed by atoms with Crippen LogP contribution in [0.4, 0.5) is 20.3 Å². The number of nitrogens with zero attached hydrogens (tertiary/aromatic N) is 2. The minimum absolute atomic E-state index is 0.0229. The van der Waals surface area contributed by atoms with Crippen molar-refractivity contribution in [3.63, 3.8) is 0 Å². The van der Waals surface area contributed by atoms with Gasteiger partial charge in [-0.1, -0.05) is 18.2 Å². The summed E-state index contributed by atoms with van der Waals surface area (Å²) in [5.74, 6) is -1.93. The molecule has 11 heteroatoms. The van der Waals surface area contributed by atoms with Crippen LogP contribution in [0, 0.1) is 17.0 Å². The van der Waals surface area contributed by atoms with Gasteiger partial charge in [0, 0.05) is 37.7 Å². The van der Waals surface area contributed by atoms with E-state index in [0.717, 1.165) is 41.3 Å². The summed E-state index contributed by atoms with van der Waals surface area (Å²) >= 11 is 0. The van der Waals surface area contributed by atoms with Crippen molar-refractivity contribution in [3.8, 4) is 0 Å². The highest BCUT2D eigenvalue weighted by Gasteiger charge is 2.62. The Bertz CT molecular complexity index is 1730. The number of anilines is 2. The highest BCUT2D eigenvalue weighted by Crippen LogP contribution is 2.56. The van der Waals surface area contributed by atoms with E-state index in [1.165, 1.54) is 17.0 Å². The van der Waals surface area contributed by atoms with Crippen LogP contribution in [0.15, 0.2) is 54.7 Å². The first kappa shape index (κ1) is 28.3. The van der Waals surface area contributed by atoms with E-state index in [1.807, 2.05) is 24.3 Å². The van der Waals surface area contributed by atoms with Crippen molar-refractivity contribution in [1.82, 2.24) is 15.2 Å². The van der Waals surface area contributed by atoms with E-state index in [1.54, 1.807) is 12.3 Å². The normalized spacial score (nSPS) is 25.6. The van der Waals surface area contributed by atoms with Crippen molar-refractivity contribution < 1.29 is 27.9 Å². The lowest BCUT2D eigenvalue weighted by atomic mass is 9.53. The molecule has 1 aromatic heterocycles. The minimum Gasteiger partial charge on any atom is -0.381 e. The van der Waals surface area contributed by atoms with Gasteiger partial charge < -0.3 is 25.6 Å². The average Bonchev–Trinajstić information content (AvgIpc) is 3.51. The van der Waals surface area contributed by atoms with Crippen LogP contribution in [0.3, 0.4) is 0 Å². The average molecular weight is 614 g/mol. The van der Waals surface area contributed by atoms with Crippen molar-refractivity contribution in [2.24, 2.45) is 5.41 Å². The van der Waals surface area contributed by atoms with Gasteiger partial charge in [0.2, 0.25) is 17.7 Å². The predicted octanol–water partition coefficient (Wildman–Crippen LogP) is 3.79. The van der Waals surface area contributed by atoms with Gasteiger partial charge in [-0.3, -0.25) is 14.4 Å². The van der Waals surface area contributed by atoms with E-state index in [-0.39, 0.29) is 35.9 Å². The van der Waals surface area contributed by atoms with Crippen LogP contribution in [0.25, 0.3) is 0 Å². The van der Waals surface area contributed by atoms with Gasteiger partial charge >= 0.3 is 0 Å². The summed E-state index contributed by atoms with van der Waals surface area (Å²) in [5.41, 5.74) is 2.43. The number of aromatic nitrogens is 1. The van der Waals surface area contributed by atoms with Gasteiger partial charge in [-0.15, -0.1) is 0 Å². The zero-order valence-corrected chi connectivity index (χ0v) is 24.6. The molecule has 2 atom stereocenters. The Morgan fingerprint density at radius 1 is 1.02 bits per heavy atom. The number of pyridine rings is 1. The molecule has 3 fully saturated rings. The number of fused-ring (bicyclic) bond motifs is 3. The van der Waals surface area contributed by atoms with E-state index in [9.17, 15) is 23.2 Å². The molecule has 45 heavy (non-hydrogen) atoms. The number of amides is 3. The second kappa shape index (κ2) is 10.1. The third-order valence-electron chi connectivity index (χ3n) is 10.6. The lowest BCUT2D eigenvalue weighted by Gasteiger charge is -2.60. The highest BCUT2D eigenvalue weighted by atomic mass is 19.1. The molecule has 8 rings (SSSR count). The van der Waals surface area contributed by atoms with Gasteiger partial charge in [0.1, 0.15) is 24.0 Å². The summed E-state index contributed by atoms with van der Waals surface area (Å²) in [6, 6.07) is 11.9. The third-order valence-corrected chi connectivity index (χ3v) is 10.6. The Hall–Kier alpha value is -4.22. The Labute approximate surface area is 258 Å². The van der Waals surface area contributed by atoms with E-state index in [4.69, 9.17) is 4.74 Å². The Kier molecular flexibility index (Phi) is 6.37. The molecular formula is C34H33F2N5O4. The van der Waals surface area contributed by atoms with Crippen molar-refractivity contribution in [3.05, 3.63) is 88.6 Å². The summed E-state index contributed by atoms with van der Waals surface area (Å²) in [4.78, 5) is 46.7. The van der Waals surface area contributed by atoms with Crippen LogP contribution in [0.1, 0.15) is 54.0 Å². The molecular weight excluding hydrogens is 580 g/mol. The van der Waals surface area contributed by atoms with Crippen molar-refractivity contribution in [2.75, 3.05) is 36.9 Å². The van der Waals surface area contributed by atoms with E-state index < -0.39 is 34.5 Å². The first-order valence-corrected chi connectivity index (χ1v) is 15.5. The number of nitrogens with one attached hydrogen (secondary N) is 3. The number of piperazine rings is 1. The molecule has 3 aromatic rings. The SMILES string of the molecule is O=C(CN1C(=O)C2(CC3(CCOCC3)C2)NCC1c1cc(F)cc(F)c1)Nc1cc2c(cn1)CC1(C2)C(=O)Nc2ccccc21. The van der Waals surface area contributed by atoms with E-state index >= 15 is 0 Å². The number of halogens is 2. The number of benzene rings is 2. The fourth-order valence-electron chi connectivity index (χ4n) is 8.50. The molecule has 3 amide bonds. The molecule has 3 N–H and O–H groups in total. The van der Waals surface area contributed by atoms with E-state index in [0.29, 0.717) is 44.7 Å². The molecule has 4 heterocycles. The Balaban J connectivity index is 1.03. The number of carbonyl (C=O) groups is 3. The molecule has 2 aliphatic carbocycles. The smallest absolute Gasteiger partial charge is 0.245 e. The third kappa shape index (κ3) is 4.54. The second-order valence-corrected chi connectivity index (χ2v) is 13.4. The van der Waals surface area contributed by atoms with Gasteiger partial charge in [-0.25, -0.2) is 13.8 Å². The molecule has 2 saturated heterocycles. The summed E-state index contributed by atoms with van der Waals surface area (Å²) in [6.45, 7) is 1.28. The van der Waals surface area contributed by atoms with Crippen LogP contribution < -0.4 is 16.0 Å². The monoisotopic (exact) mass is 613 g/mol. The second-order valence-electron chi connectivity index (χ2n) is 13.4. The van der Waals surface area contributed by atoms with Crippen LogP contribution >= 0.6 is 0 Å². The quantitative estimate of drug-likeness (QED) is 0.413. The van der Waals surface area contributed by atoms with Crippen molar-refractivity contribution in [1.29, 1.82) is 0 Å². The molecule has 2 unspecified atom stereocenters. The molecule has 0 bridgehead atoms. The lowest BCUT2D eigenvalue weighted by molar-refractivity contribution is -0.166. The van der Waals surface area contributed by atoms with Crippen LogP contribution in [0.2, 0.25) is 0 Å². The predicted molar refractivity (Wildman–Crippen MR) is 160 cm³/mol. The van der Waals surface area contributed by atoms with Gasteiger partial charge in [-0.05, 0) is 90.5 Å². The van der Waals surface area contributed by atoms with Crippen molar-refractivity contribution >= 4 is 29.2 Å². The number of rotatable bonds is 4. The molecule has 5 aliphatic rings. The fourth-order valence-corrected chi connectivity index (χ4v) is 8.50. The molecule has 3 aliphatic heterocycles. The standard InChI is InChI=1S/C34H33F2N5O4/c35-23-9-20(10-24(36)12-23)27-16-38-34(18-32(19-34)5-7-45-8-6-32)31(44)41(27)17-29(42)40-28-11-21-13-33(14-22(21)15-37-28)25-3-1-2-4-26(25)39-30(33)43/h1-4,9-12,15,27,38H,5-8,13-14,16-19H2,(H,39,43)(H,37,40,42). The van der Waals surface area contributed by atoms with Crippen LogP contribution in [0.5, 0.6) is 0 Å². The first-order valence-electron chi connectivity index (χ1n) is 15.5. The number of ether oxygens (including phenoxy) is 1. The first-order chi connectivity index (χ1) is 21.7. The summed E-state index contributed by atoms with van der Waals surface area (Å²) < 4.78 is 34.1. The zero-order chi connectivity index (χ0) is 31.0. The number of para-hydroxylation sites is 1. The van der Waals surface area contributed by atoms with Gasteiger partial charge in [0.25, 0.3) is 0 Å². The number of hydrogen-bond acceptors (Lipinski definition) is 6. The molecule has 232 valence electrons. The topological polar surface area (TPSA) is 113 Å². The molecule has 0 radical (unpaired) electrons. The van der Waals surface area contributed by atoms with Crippen LogP contribution in [-0.4, -0.2) is 59.4 Å². The largest absolute Gasteiger partial charge is 0.381 e. The Morgan fingerprint density at radius 2 is 1.76 bits per heavy atom. The maximum absolute atomic E-state index is 14.3. The Morgan fingerprint density at radius 3 is 2.53 bits per heavy atom. The minimum atomic E-state index is -0.821.